The van der Waals surface area contributed by atoms with E-state index in [1.54, 1.807) is 16.7 Å². The van der Waals surface area contributed by atoms with Crippen molar-refractivity contribution in [2.45, 2.75) is 11.4 Å². The molecule has 138 valence electrons. The fourth-order valence-corrected chi connectivity index (χ4v) is 4.58. The molecule has 0 aliphatic carbocycles. The summed E-state index contributed by atoms with van der Waals surface area (Å²) < 4.78 is 25.9. The number of benzene rings is 2. The number of hydrogen-bond donors (Lipinski definition) is 0. The number of terminal acetylenes is 1. The average molecular weight is 439 g/mol. The molecule has 1 amide bonds. The molecule has 0 bridgehead atoms. The molecule has 0 unspecified atom stereocenters. The number of rotatable bonds is 3. The number of sulfone groups is 1. The van der Waals surface area contributed by atoms with Gasteiger partial charge >= 0.3 is 0 Å². The van der Waals surface area contributed by atoms with E-state index in [0.717, 1.165) is 6.26 Å². The van der Waals surface area contributed by atoms with Crippen LogP contribution in [-0.2, 0) is 16.4 Å². The van der Waals surface area contributed by atoms with Gasteiger partial charge in [0.15, 0.2) is 14.6 Å². The van der Waals surface area contributed by atoms with Crippen LogP contribution >= 0.6 is 34.5 Å². The Bertz CT molecular complexity index is 1280. The Kier molecular flexibility index (Phi) is 5.45. The first kappa shape index (κ1) is 19.6. The maximum Gasteiger partial charge on any atom is 0.281 e. The molecule has 9 heteroatoms. The van der Waals surface area contributed by atoms with Crippen LogP contribution in [0, 0.1) is 12.3 Å². The Morgan fingerprint density at radius 1 is 1.26 bits per heavy atom. The third kappa shape index (κ3) is 4.09. The lowest BCUT2D eigenvalue weighted by molar-refractivity contribution is 0.0998. The molecule has 3 rings (SSSR count). The summed E-state index contributed by atoms with van der Waals surface area (Å²) in [6.07, 6.45) is 6.57. The first-order chi connectivity index (χ1) is 12.7. The summed E-state index contributed by atoms with van der Waals surface area (Å²) in [7, 11) is -3.36. The minimum absolute atomic E-state index is 0.172. The molecule has 27 heavy (non-hydrogen) atoms. The third-order valence-electron chi connectivity index (χ3n) is 3.69. The molecular formula is C18H12Cl2N2O3S2. The van der Waals surface area contributed by atoms with E-state index in [2.05, 4.69) is 10.9 Å². The van der Waals surface area contributed by atoms with Crippen LogP contribution in [0.15, 0.2) is 46.3 Å². The number of thiazole rings is 1. The zero-order valence-corrected chi connectivity index (χ0v) is 17.1. The predicted molar refractivity (Wildman–Crippen MR) is 108 cm³/mol. The average Bonchev–Trinajstić information content (AvgIpc) is 2.93. The van der Waals surface area contributed by atoms with Crippen LogP contribution in [0.4, 0.5) is 0 Å². The summed E-state index contributed by atoms with van der Waals surface area (Å²) in [6, 6.07) is 9.22. The van der Waals surface area contributed by atoms with Crippen molar-refractivity contribution in [2.24, 2.45) is 4.99 Å². The third-order valence-corrected chi connectivity index (χ3v) is 6.40. The molecule has 0 aliphatic heterocycles. The lowest BCUT2D eigenvalue weighted by Gasteiger charge is -2.02. The van der Waals surface area contributed by atoms with Crippen LogP contribution in [0.2, 0.25) is 10.0 Å². The van der Waals surface area contributed by atoms with E-state index < -0.39 is 15.7 Å². The highest BCUT2D eigenvalue weighted by Gasteiger charge is 2.14. The van der Waals surface area contributed by atoms with Crippen LogP contribution in [-0.4, -0.2) is 25.1 Å². The van der Waals surface area contributed by atoms with Gasteiger partial charge in [0, 0.05) is 11.3 Å². The van der Waals surface area contributed by atoms with Gasteiger partial charge in [-0.1, -0.05) is 40.5 Å². The van der Waals surface area contributed by atoms with Crippen molar-refractivity contribution in [1.29, 1.82) is 0 Å². The molecule has 3 aromatic rings. The van der Waals surface area contributed by atoms with Crippen LogP contribution < -0.4 is 4.80 Å². The summed E-state index contributed by atoms with van der Waals surface area (Å²) in [5, 5.41) is 0.598. The summed E-state index contributed by atoms with van der Waals surface area (Å²) in [5.41, 5.74) is 0.861. The Hall–Kier alpha value is -2.11. The number of fused-ring (bicyclic) bond motifs is 1. The van der Waals surface area contributed by atoms with Crippen LogP contribution in [0.1, 0.15) is 10.4 Å². The maximum atomic E-state index is 12.6. The van der Waals surface area contributed by atoms with Crippen molar-refractivity contribution < 1.29 is 13.2 Å². The van der Waals surface area contributed by atoms with Crippen LogP contribution in [0.5, 0.6) is 0 Å². The van der Waals surface area contributed by atoms with E-state index in [-0.39, 0.29) is 22.0 Å². The largest absolute Gasteiger partial charge is 0.305 e. The number of carbonyl (C=O) groups is 1. The summed E-state index contributed by atoms with van der Waals surface area (Å²) in [6.45, 7) is 0.174. The molecule has 5 nitrogen and oxygen atoms in total. The summed E-state index contributed by atoms with van der Waals surface area (Å²) >= 11 is 13.2. The van der Waals surface area contributed by atoms with E-state index in [4.69, 9.17) is 29.6 Å². The maximum absolute atomic E-state index is 12.6. The predicted octanol–water partition coefficient (Wildman–Crippen LogP) is 3.79. The Morgan fingerprint density at radius 2 is 2.00 bits per heavy atom. The molecule has 0 radical (unpaired) electrons. The Labute approximate surface area is 169 Å². The zero-order valence-electron chi connectivity index (χ0n) is 13.9. The molecule has 0 saturated heterocycles. The van der Waals surface area contributed by atoms with Crippen molar-refractivity contribution in [2.75, 3.05) is 6.26 Å². The lowest BCUT2D eigenvalue weighted by atomic mass is 10.2. The number of amides is 1. The van der Waals surface area contributed by atoms with Crippen molar-refractivity contribution in [3.63, 3.8) is 0 Å². The fraction of sp³-hybridized carbons (Fsp3) is 0.111. The van der Waals surface area contributed by atoms with E-state index in [0.29, 0.717) is 20.0 Å². The number of nitrogens with zero attached hydrogens (tertiary/aromatic N) is 2. The molecule has 0 saturated carbocycles. The molecular weight excluding hydrogens is 427 g/mol. The highest BCUT2D eigenvalue weighted by molar-refractivity contribution is 7.90. The topological polar surface area (TPSA) is 68.5 Å². The second-order valence-electron chi connectivity index (χ2n) is 5.62. The minimum atomic E-state index is -3.36. The van der Waals surface area contributed by atoms with E-state index >= 15 is 0 Å². The minimum Gasteiger partial charge on any atom is -0.305 e. The van der Waals surface area contributed by atoms with Gasteiger partial charge in [0.25, 0.3) is 5.91 Å². The van der Waals surface area contributed by atoms with Gasteiger partial charge < -0.3 is 4.57 Å². The van der Waals surface area contributed by atoms with Gasteiger partial charge in [0.1, 0.15) is 0 Å². The molecule has 0 spiro atoms. The van der Waals surface area contributed by atoms with E-state index in [9.17, 15) is 13.2 Å². The van der Waals surface area contributed by atoms with Gasteiger partial charge in [-0.15, -0.1) is 6.42 Å². The van der Waals surface area contributed by atoms with Crippen LogP contribution in [0.25, 0.3) is 10.2 Å². The van der Waals surface area contributed by atoms with Gasteiger partial charge in [-0.25, -0.2) is 8.42 Å². The Morgan fingerprint density at radius 3 is 2.67 bits per heavy atom. The second-order valence-corrected chi connectivity index (χ2v) is 9.49. The smallest absolute Gasteiger partial charge is 0.281 e. The number of carbonyl (C=O) groups excluding carboxylic acids is 1. The zero-order chi connectivity index (χ0) is 19.8. The Balaban J connectivity index is 2.22. The van der Waals surface area contributed by atoms with Crippen molar-refractivity contribution in [1.82, 2.24) is 4.57 Å². The van der Waals surface area contributed by atoms with Crippen molar-refractivity contribution in [3.05, 3.63) is 56.8 Å². The number of halogens is 2. The first-order valence-electron chi connectivity index (χ1n) is 7.51. The second kappa shape index (κ2) is 7.49. The molecule has 2 aromatic carbocycles. The summed E-state index contributed by atoms with van der Waals surface area (Å²) in [4.78, 5) is 17.2. The highest BCUT2D eigenvalue weighted by Crippen LogP contribution is 2.23. The van der Waals surface area contributed by atoms with Gasteiger partial charge in [-0.3, -0.25) is 4.79 Å². The van der Waals surface area contributed by atoms with Crippen molar-refractivity contribution in [3.8, 4) is 12.3 Å². The molecule has 1 aromatic heterocycles. The van der Waals surface area contributed by atoms with E-state index in [1.165, 1.54) is 35.6 Å². The fourth-order valence-electron chi connectivity index (χ4n) is 2.42. The molecule has 0 fully saturated rings. The number of hydrogen-bond acceptors (Lipinski definition) is 4. The van der Waals surface area contributed by atoms with Gasteiger partial charge in [0.2, 0.25) is 0 Å². The normalized spacial score (nSPS) is 12.3. The number of aromatic nitrogens is 1. The van der Waals surface area contributed by atoms with Gasteiger partial charge in [-0.05, 0) is 36.4 Å². The first-order valence-corrected chi connectivity index (χ1v) is 11.0. The van der Waals surface area contributed by atoms with Crippen LogP contribution in [0.3, 0.4) is 0 Å². The monoisotopic (exact) mass is 438 g/mol. The highest BCUT2D eigenvalue weighted by atomic mass is 35.5. The molecule has 1 heterocycles. The summed E-state index contributed by atoms with van der Waals surface area (Å²) in [5.74, 6) is 1.95. The SMILES string of the molecule is C#CCn1c(=NC(=O)c2cc(Cl)ccc2Cl)sc2cc(S(C)(=O)=O)ccc21. The van der Waals surface area contributed by atoms with Crippen molar-refractivity contribution >= 4 is 60.5 Å². The quantitative estimate of drug-likeness (QED) is 0.584. The molecule has 0 atom stereocenters. The lowest BCUT2D eigenvalue weighted by Crippen LogP contribution is -2.16. The van der Waals surface area contributed by atoms with E-state index in [1.807, 2.05) is 0 Å². The molecule has 0 N–H and O–H groups in total. The van der Waals surface area contributed by atoms with Gasteiger partial charge in [-0.2, -0.15) is 4.99 Å². The standard InChI is InChI=1S/C18H12Cl2N2O3S2/c1-3-8-22-15-7-5-12(27(2,24)25)10-16(15)26-18(22)21-17(23)13-9-11(19)4-6-14(13)20/h1,4-7,9-10H,8H2,2H3. The molecule has 0 aliphatic rings. The van der Waals surface area contributed by atoms with Gasteiger partial charge in [0.05, 0.1) is 32.2 Å².